The highest BCUT2D eigenvalue weighted by Crippen LogP contribution is 2.12. The second kappa shape index (κ2) is 7.21. The minimum Gasteiger partial charge on any atom is -0.378 e. The topological polar surface area (TPSA) is 79.4 Å². The van der Waals surface area contributed by atoms with Crippen molar-refractivity contribution in [2.24, 2.45) is 0 Å². The van der Waals surface area contributed by atoms with Crippen LogP contribution in [-0.2, 0) is 9.53 Å². The van der Waals surface area contributed by atoms with Crippen molar-refractivity contribution in [3.8, 4) is 0 Å². The SMILES string of the molecule is CCNc1nc(C)cc(NC(C)C(=O)N2CCOCC2)n1. The van der Waals surface area contributed by atoms with Gasteiger partial charge in [-0.2, -0.15) is 4.98 Å². The third-order valence-corrected chi connectivity index (χ3v) is 3.25. The summed E-state index contributed by atoms with van der Waals surface area (Å²) in [6, 6.07) is 1.51. The summed E-state index contributed by atoms with van der Waals surface area (Å²) >= 11 is 0. The Balaban J connectivity index is 2.01. The van der Waals surface area contributed by atoms with Crippen molar-refractivity contribution in [3.05, 3.63) is 11.8 Å². The fourth-order valence-corrected chi connectivity index (χ4v) is 2.22. The van der Waals surface area contributed by atoms with E-state index in [2.05, 4.69) is 20.6 Å². The minimum absolute atomic E-state index is 0.0690. The number of carbonyl (C=O) groups excluding carboxylic acids is 1. The van der Waals surface area contributed by atoms with E-state index < -0.39 is 0 Å². The molecule has 0 radical (unpaired) electrons. The van der Waals surface area contributed by atoms with Crippen LogP contribution in [0.5, 0.6) is 0 Å². The number of aromatic nitrogens is 2. The monoisotopic (exact) mass is 293 g/mol. The largest absolute Gasteiger partial charge is 0.378 e. The first-order valence-corrected chi connectivity index (χ1v) is 7.32. The van der Waals surface area contributed by atoms with Crippen LogP contribution in [0.4, 0.5) is 11.8 Å². The highest BCUT2D eigenvalue weighted by Gasteiger charge is 2.22. The molecule has 0 aliphatic carbocycles. The van der Waals surface area contributed by atoms with E-state index in [1.54, 1.807) is 0 Å². The molecule has 0 spiro atoms. The van der Waals surface area contributed by atoms with Crippen molar-refractivity contribution < 1.29 is 9.53 Å². The molecule has 1 fully saturated rings. The van der Waals surface area contributed by atoms with E-state index in [0.717, 1.165) is 12.2 Å². The Hall–Kier alpha value is -1.89. The number of nitrogens with zero attached hydrogens (tertiary/aromatic N) is 3. The lowest BCUT2D eigenvalue weighted by molar-refractivity contribution is -0.135. The van der Waals surface area contributed by atoms with Gasteiger partial charge in [-0.15, -0.1) is 0 Å². The molecule has 2 rings (SSSR count). The summed E-state index contributed by atoms with van der Waals surface area (Å²) in [4.78, 5) is 22.8. The Morgan fingerprint density at radius 1 is 1.43 bits per heavy atom. The number of aryl methyl sites for hydroxylation is 1. The number of anilines is 2. The molecule has 2 N–H and O–H groups in total. The van der Waals surface area contributed by atoms with Crippen molar-refractivity contribution >= 4 is 17.7 Å². The van der Waals surface area contributed by atoms with E-state index in [-0.39, 0.29) is 11.9 Å². The highest BCUT2D eigenvalue weighted by molar-refractivity contribution is 5.84. The first-order chi connectivity index (χ1) is 10.1. The van der Waals surface area contributed by atoms with Gasteiger partial charge in [0.2, 0.25) is 11.9 Å². The Labute approximate surface area is 125 Å². The molecule has 1 amide bonds. The Morgan fingerprint density at radius 2 is 2.14 bits per heavy atom. The van der Waals surface area contributed by atoms with E-state index in [0.29, 0.717) is 38.1 Å². The summed E-state index contributed by atoms with van der Waals surface area (Å²) in [5.41, 5.74) is 0.856. The van der Waals surface area contributed by atoms with Crippen molar-refractivity contribution in [2.75, 3.05) is 43.5 Å². The smallest absolute Gasteiger partial charge is 0.244 e. The standard InChI is InChI=1S/C14H23N5O2/c1-4-15-14-16-10(2)9-12(18-14)17-11(3)13(20)19-5-7-21-8-6-19/h9,11H,4-8H2,1-3H3,(H2,15,16,17,18). The molecule has 0 aromatic carbocycles. The summed E-state index contributed by atoms with van der Waals surface area (Å²) < 4.78 is 5.26. The molecule has 7 heteroatoms. The maximum Gasteiger partial charge on any atom is 0.244 e. The zero-order valence-corrected chi connectivity index (χ0v) is 12.8. The molecule has 116 valence electrons. The molecule has 1 aromatic rings. The zero-order valence-electron chi connectivity index (χ0n) is 12.8. The van der Waals surface area contributed by atoms with Crippen LogP contribution in [-0.4, -0.2) is 59.7 Å². The third kappa shape index (κ3) is 4.29. The average Bonchev–Trinajstić information content (AvgIpc) is 2.47. The van der Waals surface area contributed by atoms with Gasteiger partial charge in [0.1, 0.15) is 11.9 Å². The highest BCUT2D eigenvalue weighted by atomic mass is 16.5. The summed E-state index contributed by atoms with van der Waals surface area (Å²) in [7, 11) is 0. The van der Waals surface area contributed by atoms with Crippen LogP contribution in [0.3, 0.4) is 0 Å². The molecule has 2 heterocycles. The van der Waals surface area contributed by atoms with Crippen molar-refractivity contribution in [2.45, 2.75) is 26.8 Å². The molecular formula is C14H23N5O2. The van der Waals surface area contributed by atoms with Gasteiger partial charge in [-0.05, 0) is 20.8 Å². The average molecular weight is 293 g/mol. The van der Waals surface area contributed by atoms with E-state index in [4.69, 9.17) is 4.74 Å². The summed E-state index contributed by atoms with van der Waals surface area (Å²) in [6.07, 6.45) is 0. The number of carbonyl (C=O) groups is 1. The molecular weight excluding hydrogens is 270 g/mol. The normalized spacial score (nSPS) is 16.4. The lowest BCUT2D eigenvalue weighted by Crippen LogP contribution is -2.47. The van der Waals surface area contributed by atoms with Crippen molar-refractivity contribution in [1.82, 2.24) is 14.9 Å². The van der Waals surface area contributed by atoms with Crippen molar-refractivity contribution in [1.29, 1.82) is 0 Å². The maximum atomic E-state index is 12.3. The van der Waals surface area contributed by atoms with Gasteiger partial charge in [-0.25, -0.2) is 4.98 Å². The fraction of sp³-hybridized carbons (Fsp3) is 0.643. The fourth-order valence-electron chi connectivity index (χ4n) is 2.22. The van der Waals surface area contributed by atoms with Crippen LogP contribution >= 0.6 is 0 Å². The van der Waals surface area contributed by atoms with E-state index in [9.17, 15) is 4.79 Å². The number of nitrogens with one attached hydrogen (secondary N) is 2. The number of morpholine rings is 1. The number of amides is 1. The number of hydrogen-bond acceptors (Lipinski definition) is 6. The second-order valence-corrected chi connectivity index (χ2v) is 5.05. The van der Waals surface area contributed by atoms with Gasteiger partial charge in [0.25, 0.3) is 0 Å². The molecule has 0 saturated carbocycles. The van der Waals surface area contributed by atoms with Crippen LogP contribution < -0.4 is 10.6 Å². The Morgan fingerprint density at radius 3 is 2.81 bits per heavy atom. The Kier molecular flexibility index (Phi) is 5.32. The quantitative estimate of drug-likeness (QED) is 0.839. The van der Waals surface area contributed by atoms with Gasteiger partial charge in [0, 0.05) is 31.4 Å². The number of rotatable bonds is 5. The third-order valence-electron chi connectivity index (χ3n) is 3.25. The predicted octanol–water partition coefficient (Wildman–Crippen LogP) is 0.876. The maximum absolute atomic E-state index is 12.3. The van der Waals surface area contributed by atoms with Gasteiger partial charge in [0.15, 0.2) is 0 Å². The zero-order chi connectivity index (χ0) is 15.2. The van der Waals surface area contributed by atoms with Crippen LogP contribution in [0.25, 0.3) is 0 Å². The second-order valence-electron chi connectivity index (χ2n) is 5.05. The predicted molar refractivity (Wildman–Crippen MR) is 81.4 cm³/mol. The molecule has 1 aromatic heterocycles. The van der Waals surface area contributed by atoms with Crippen molar-refractivity contribution in [3.63, 3.8) is 0 Å². The molecule has 7 nitrogen and oxygen atoms in total. The molecule has 21 heavy (non-hydrogen) atoms. The number of ether oxygens (including phenoxy) is 1. The van der Waals surface area contributed by atoms with E-state index >= 15 is 0 Å². The summed E-state index contributed by atoms with van der Waals surface area (Å²) in [6.45, 7) is 9.01. The molecule has 0 bridgehead atoms. The summed E-state index contributed by atoms with van der Waals surface area (Å²) in [5.74, 6) is 1.30. The lowest BCUT2D eigenvalue weighted by atomic mass is 10.2. The van der Waals surface area contributed by atoms with Crippen LogP contribution in [0.1, 0.15) is 19.5 Å². The molecule has 1 saturated heterocycles. The van der Waals surface area contributed by atoms with Gasteiger partial charge in [-0.3, -0.25) is 4.79 Å². The summed E-state index contributed by atoms with van der Waals surface area (Å²) in [5, 5.41) is 6.24. The van der Waals surface area contributed by atoms with Crippen LogP contribution in [0.15, 0.2) is 6.07 Å². The van der Waals surface area contributed by atoms with E-state index in [1.807, 2.05) is 31.7 Å². The first-order valence-electron chi connectivity index (χ1n) is 7.32. The van der Waals surface area contributed by atoms with E-state index in [1.165, 1.54) is 0 Å². The van der Waals surface area contributed by atoms with Crippen LogP contribution in [0.2, 0.25) is 0 Å². The molecule has 1 aliphatic rings. The minimum atomic E-state index is -0.327. The number of hydrogen-bond donors (Lipinski definition) is 2. The molecule has 1 unspecified atom stereocenters. The van der Waals surface area contributed by atoms with Gasteiger partial charge in [-0.1, -0.05) is 0 Å². The first kappa shape index (κ1) is 15.5. The van der Waals surface area contributed by atoms with Gasteiger partial charge < -0.3 is 20.3 Å². The molecule has 1 atom stereocenters. The van der Waals surface area contributed by atoms with Gasteiger partial charge in [0.05, 0.1) is 13.2 Å². The lowest BCUT2D eigenvalue weighted by Gasteiger charge is -2.29. The van der Waals surface area contributed by atoms with Gasteiger partial charge >= 0.3 is 0 Å². The Bertz CT molecular complexity index is 488. The van der Waals surface area contributed by atoms with Crippen LogP contribution in [0, 0.1) is 6.92 Å². The molecule has 1 aliphatic heterocycles.